The number of phenolic OH excluding ortho intramolecular Hbond substituents is 1. The minimum Gasteiger partial charge on any atom is -0.710 e. The van der Waals surface area contributed by atoms with Crippen molar-refractivity contribution >= 4 is 0 Å². The van der Waals surface area contributed by atoms with Gasteiger partial charge in [-0.2, -0.15) is 0 Å². The molecule has 2 aromatic carbocycles. The number of aromatic hydroxyl groups is 1. The summed E-state index contributed by atoms with van der Waals surface area (Å²) in [6.07, 6.45) is 2.01. The number of aryl methyl sites for hydroxylation is 1. The van der Waals surface area contributed by atoms with Gasteiger partial charge in [-0.3, -0.25) is 0 Å². The minimum absolute atomic E-state index is 0.226. The third kappa shape index (κ3) is 4.35. The first-order valence-corrected chi connectivity index (χ1v) is 8.70. The van der Waals surface area contributed by atoms with Crippen molar-refractivity contribution in [3.05, 3.63) is 65.6 Å². The monoisotopic (exact) mass is 366 g/mol. The van der Waals surface area contributed by atoms with Gasteiger partial charge in [0, 0.05) is 31.8 Å². The van der Waals surface area contributed by atoms with Gasteiger partial charge in [-0.15, -0.1) is 0 Å². The zero-order chi connectivity index (χ0) is 19.2. The van der Waals surface area contributed by atoms with E-state index in [2.05, 4.69) is 4.98 Å². The van der Waals surface area contributed by atoms with Crippen LogP contribution >= 0.6 is 0 Å². The number of para-hydroxylation sites is 1. The summed E-state index contributed by atoms with van der Waals surface area (Å²) in [5, 5.41) is 22.1. The molecule has 0 aliphatic rings. The van der Waals surface area contributed by atoms with Crippen LogP contribution < -0.4 is 9.47 Å². The largest absolute Gasteiger partial charge is 0.710 e. The number of rotatable bonds is 7. The predicted molar refractivity (Wildman–Crippen MR) is 102 cm³/mol. The molecule has 0 radical (unpaired) electrons. The van der Waals surface area contributed by atoms with Crippen LogP contribution in [0.3, 0.4) is 0 Å². The van der Waals surface area contributed by atoms with Gasteiger partial charge >= 0.3 is 0 Å². The van der Waals surface area contributed by atoms with Gasteiger partial charge < -0.3 is 19.8 Å². The second kappa shape index (κ2) is 8.51. The number of methoxy groups -OCH3 is 1. The Labute approximate surface area is 158 Å². The Morgan fingerprint density at radius 1 is 1.11 bits per heavy atom. The Kier molecular flexibility index (Phi) is 5.88. The highest BCUT2D eigenvalue weighted by molar-refractivity contribution is 5.70. The highest BCUT2D eigenvalue weighted by Gasteiger charge is 2.16. The normalized spacial score (nSPS) is 10.7. The van der Waals surface area contributed by atoms with Gasteiger partial charge in [0.1, 0.15) is 17.2 Å². The van der Waals surface area contributed by atoms with Crippen molar-refractivity contribution in [3.63, 3.8) is 0 Å². The maximum absolute atomic E-state index is 12.4. The maximum atomic E-state index is 12.4. The molecule has 0 atom stereocenters. The van der Waals surface area contributed by atoms with Gasteiger partial charge in [-0.25, -0.2) is 4.73 Å². The molecule has 0 aliphatic heterocycles. The SMILES string of the molecule is COCCCOc1ccccc1-c1cc(-c2ccc(O)c(C)c2)nc[n+]1[O-]. The molecule has 1 heterocycles. The van der Waals surface area contributed by atoms with Gasteiger partial charge in [0.15, 0.2) is 5.69 Å². The summed E-state index contributed by atoms with van der Waals surface area (Å²) in [5.41, 5.74) is 3.37. The molecule has 3 aromatic rings. The molecule has 6 nitrogen and oxygen atoms in total. The average Bonchev–Trinajstić information content (AvgIpc) is 2.68. The van der Waals surface area contributed by atoms with E-state index in [1.807, 2.05) is 37.3 Å². The van der Waals surface area contributed by atoms with Crippen molar-refractivity contribution in [1.82, 2.24) is 4.98 Å². The molecule has 1 aromatic heterocycles. The maximum Gasteiger partial charge on any atom is 0.290 e. The van der Waals surface area contributed by atoms with Crippen LogP contribution in [0, 0.1) is 12.1 Å². The second-order valence-electron chi connectivity index (χ2n) is 6.18. The van der Waals surface area contributed by atoms with Crippen LogP contribution in [-0.4, -0.2) is 30.4 Å². The molecular formula is C21H22N2O4. The topological polar surface area (TPSA) is 78.5 Å². The molecule has 0 aliphatic carbocycles. The molecule has 140 valence electrons. The summed E-state index contributed by atoms with van der Waals surface area (Å²) in [7, 11) is 1.65. The van der Waals surface area contributed by atoms with E-state index < -0.39 is 0 Å². The van der Waals surface area contributed by atoms with Crippen molar-refractivity contribution in [2.45, 2.75) is 13.3 Å². The average molecular weight is 366 g/mol. The smallest absolute Gasteiger partial charge is 0.290 e. The van der Waals surface area contributed by atoms with Gasteiger partial charge in [0.05, 0.1) is 12.2 Å². The van der Waals surface area contributed by atoms with E-state index in [-0.39, 0.29) is 5.75 Å². The fraction of sp³-hybridized carbons (Fsp3) is 0.238. The first kappa shape index (κ1) is 18.7. The van der Waals surface area contributed by atoms with E-state index >= 15 is 0 Å². The molecule has 0 saturated heterocycles. The third-order valence-electron chi connectivity index (χ3n) is 4.22. The Bertz CT molecular complexity index is 928. The van der Waals surface area contributed by atoms with Crippen molar-refractivity contribution < 1.29 is 19.3 Å². The molecule has 1 N–H and O–H groups in total. The van der Waals surface area contributed by atoms with Crippen molar-refractivity contribution in [3.8, 4) is 34.0 Å². The van der Waals surface area contributed by atoms with E-state index in [1.165, 1.54) is 6.33 Å². The lowest BCUT2D eigenvalue weighted by Crippen LogP contribution is -2.29. The van der Waals surface area contributed by atoms with Gasteiger partial charge in [0.2, 0.25) is 0 Å². The van der Waals surface area contributed by atoms with Crippen LogP contribution in [0.4, 0.5) is 0 Å². The van der Waals surface area contributed by atoms with Gasteiger partial charge in [-0.1, -0.05) is 12.1 Å². The van der Waals surface area contributed by atoms with Crippen LogP contribution in [0.15, 0.2) is 54.9 Å². The van der Waals surface area contributed by atoms with E-state index in [0.29, 0.717) is 35.9 Å². The molecule has 27 heavy (non-hydrogen) atoms. The number of nitrogens with zero attached hydrogens (tertiary/aromatic N) is 2. The summed E-state index contributed by atoms with van der Waals surface area (Å²) in [6, 6.07) is 14.4. The number of aromatic nitrogens is 2. The van der Waals surface area contributed by atoms with E-state index in [9.17, 15) is 10.3 Å². The fourth-order valence-corrected chi connectivity index (χ4v) is 2.77. The highest BCUT2D eigenvalue weighted by Crippen LogP contribution is 2.30. The lowest BCUT2D eigenvalue weighted by atomic mass is 10.0. The zero-order valence-corrected chi connectivity index (χ0v) is 15.4. The Morgan fingerprint density at radius 3 is 2.70 bits per heavy atom. The molecule has 0 bridgehead atoms. The number of hydrogen-bond acceptors (Lipinski definition) is 5. The Morgan fingerprint density at radius 2 is 1.93 bits per heavy atom. The lowest BCUT2D eigenvalue weighted by molar-refractivity contribution is -0.597. The minimum atomic E-state index is 0.226. The molecule has 0 fully saturated rings. The summed E-state index contributed by atoms with van der Waals surface area (Å²) >= 11 is 0. The van der Waals surface area contributed by atoms with Crippen LogP contribution in [-0.2, 0) is 4.74 Å². The van der Waals surface area contributed by atoms with Crippen molar-refractivity contribution in [1.29, 1.82) is 0 Å². The standard InChI is InChI=1S/C21H22N2O4/c1-15-12-16(8-9-20(15)24)18-13-19(23(25)14-22-18)17-6-3-4-7-21(17)27-11-5-10-26-2/h3-4,6-9,12-14,24H,5,10-11H2,1-2H3. The third-order valence-corrected chi connectivity index (χ3v) is 4.22. The summed E-state index contributed by atoms with van der Waals surface area (Å²) in [4.78, 5) is 4.23. The van der Waals surface area contributed by atoms with Gasteiger partial charge in [0.25, 0.3) is 6.33 Å². The van der Waals surface area contributed by atoms with Crippen LogP contribution in [0.2, 0.25) is 0 Å². The van der Waals surface area contributed by atoms with Crippen LogP contribution in [0.1, 0.15) is 12.0 Å². The predicted octanol–water partition coefficient (Wildman–Crippen LogP) is 3.48. The highest BCUT2D eigenvalue weighted by atomic mass is 16.5. The van der Waals surface area contributed by atoms with E-state index in [0.717, 1.165) is 22.3 Å². The summed E-state index contributed by atoms with van der Waals surface area (Å²) in [5.74, 6) is 0.862. The van der Waals surface area contributed by atoms with Gasteiger partial charge in [-0.05, 0) is 47.8 Å². The Balaban J connectivity index is 1.96. The quantitative estimate of drug-likeness (QED) is 0.393. The lowest BCUT2D eigenvalue weighted by Gasteiger charge is -2.14. The number of phenols is 1. The number of benzene rings is 2. The first-order chi connectivity index (χ1) is 13.1. The zero-order valence-electron chi connectivity index (χ0n) is 15.4. The van der Waals surface area contributed by atoms with Crippen molar-refractivity contribution in [2.24, 2.45) is 0 Å². The molecule has 0 unspecified atom stereocenters. The molecule has 6 heteroatoms. The fourth-order valence-electron chi connectivity index (χ4n) is 2.77. The molecule has 3 rings (SSSR count). The van der Waals surface area contributed by atoms with Crippen LogP contribution in [0.5, 0.6) is 11.5 Å². The first-order valence-electron chi connectivity index (χ1n) is 8.70. The van der Waals surface area contributed by atoms with E-state index in [1.54, 1.807) is 25.3 Å². The second-order valence-corrected chi connectivity index (χ2v) is 6.18. The summed E-state index contributed by atoms with van der Waals surface area (Å²) in [6.45, 7) is 2.93. The number of ether oxygens (including phenoxy) is 2. The van der Waals surface area contributed by atoms with Crippen LogP contribution in [0.25, 0.3) is 22.5 Å². The number of hydrogen-bond donors (Lipinski definition) is 1. The van der Waals surface area contributed by atoms with Crippen molar-refractivity contribution in [2.75, 3.05) is 20.3 Å². The van der Waals surface area contributed by atoms with E-state index in [4.69, 9.17) is 9.47 Å². The molecule has 0 spiro atoms. The molecule has 0 amide bonds. The molecular weight excluding hydrogens is 344 g/mol. The molecule has 0 saturated carbocycles. The Hall–Kier alpha value is -3.12. The summed E-state index contributed by atoms with van der Waals surface area (Å²) < 4.78 is 11.6.